The predicted octanol–water partition coefficient (Wildman–Crippen LogP) is 4.49. The highest BCUT2D eigenvalue weighted by molar-refractivity contribution is 5.54. The number of rotatable bonds is 2. The summed E-state index contributed by atoms with van der Waals surface area (Å²) in [6.07, 6.45) is -1.33. The molecule has 0 saturated heterocycles. The number of anilines is 1. The van der Waals surface area contributed by atoms with Crippen LogP contribution in [-0.2, 0) is 6.18 Å². The largest absolute Gasteiger partial charge is 0.488 e. The molecule has 1 aromatic rings. The van der Waals surface area contributed by atoms with Gasteiger partial charge >= 0.3 is 6.18 Å². The van der Waals surface area contributed by atoms with Gasteiger partial charge in [0.15, 0.2) is 0 Å². The minimum absolute atomic E-state index is 0.0350. The number of hydrogen-bond donors (Lipinski definition) is 1. The van der Waals surface area contributed by atoms with E-state index < -0.39 is 11.7 Å². The second kappa shape index (κ2) is 5.54. The first-order valence-corrected chi connectivity index (χ1v) is 6.89. The Kier molecular flexibility index (Phi) is 4.16. The predicted molar refractivity (Wildman–Crippen MR) is 72.5 cm³/mol. The molecule has 0 aliphatic heterocycles. The molecule has 1 fully saturated rings. The summed E-state index contributed by atoms with van der Waals surface area (Å²) < 4.78 is 43.5. The first-order valence-electron chi connectivity index (χ1n) is 6.89. The molecule has 0 radical (unpaired) electrons. The molecule has 0 bridgehead atoms. The fraction of sp³-hybridized carbons (Fsp3) is 0.600. The van der Waals surface area contributed by atoms with Crippen molar-refractivity contribution >= 4 is 5.69 Å². The third-order valence-electron chi connectivity index (χ3n) is 3.77. The van der Waals surface area contributed by atoms with Gasteiger partial charge in [0.1, 0.15) is 5.75 Å². The summed E-state index contributed by atoms with van der Waals surface area (Å²) in [6, 6.07) is 3.27. The van der Waals surface area contributed by atoms with E-state index in [1.165, 1.54) is 12.5 Å². The molecule has 2 nitrogen and oxygen atoms in total. The number of ether oxygens (including phenoxy) is 1. The van der Waals surface area contributed by atoms with E-state index in [0.29, 0.717) is 17.6 Å². The lowest BCUT2D eigenvalue weighted by atomic mass is 9.82. The lowest BCUT2D eigenvalue weighted by Crippen LogP contribution is -2.28. The van der Waals surface area contributed by atoms with Crippen LogP contribution in [0.1, 0.15) is 38.7 Å². The summed E-state index contributed by atoms with van der Waals surface area (Å²) in [5.41, 5.74) is 4.98. The molecule has 1 aromatic carbocycles. The molecule has 2 unspecified atom stereocenters. The van der Waals surface area contributed by atoms with E-state index >= 15 is 0 Å². The monoisotopic (exact) mass is 287 g/mol. The first kappa shape index (κ1) is 15.0. The van der Waals surface area contributed by atoms with Crippen LogP contribution in [0.25, 0.3) is 0 Å². The molecule has 20 heavy (non-hydrogen) atoms. The standard InChI is InChI=1S/C15H20F3NO/c1-9-5-10(2)7-12(6-9)20-14-4-3-11(8-13(14)19)15(16,17)18/h3-4,8-10,12H,5-7,19H2,1-2H3. The smallest absolute Gasteiger partial charge is 0.416 e. The Morgan fingerprint density at radius 1 is 1.10 bits per heavy atom. The van der Waals surface area contributed by atoms with Crippen LogP contribution in [0.4, 0.5) is 18.9 Å². The Hall–Kier alpha value is -1.39. The second-order valence-corrected chi connectivity index (χ2v) is 5.91. The fourth-order valence-corrected chi connectivity index (χ4v) is 2.98. The summed E-state index contributed by atoms with van der Waals surface area (Å²) in [5, 5.41) is 0. The number of nitrogen functional groups attached to an aromatic ring is 1. The number of hydrogen-bond acceptors (Lipinski definition) is 2. The van der Waals surface area contributed by atoms with Gasteiger partial charge in [0.2, 0.25) is 0 Å². The maximum Gasteiger partial charge on any atom is 0.416 e. The van der Waals surface area contributed by atoms with E-state index in [9.17, 15) is 13.2 Å². The van der Waals surface area contributed by atoms with Crippen LogP contribution >= 0.6 is 0 Å². The highest BCUT2D eigenvalue weighted by Gasteiger charge is 2.31. The molecule has 2 N–H and O–H groups in total. The fourth-order valence-electron chi connectivity index (χ4n) is 2.98. The van der Waals surface area contributed by atoms with Gasteiger partial charge < -0.3 is 10.5 Å². The van der Waals surface area contributed by atoms with E-state index in [4.69, 9.17) is 10.5 Å². The minimum Gasteiger partial charge on any atom is -0.488 e. The molecule has 0 heterocycles. The van der Waals surface area contributed by atoms with Crippen molar-refractivity contribution in [2.24, 2.45) is 11.8 Å². The number of alkyl halides is 3. The van der Waals surface area contributed by atoms with E-state index in [1.54, 1.807) is 0 Å². The van der Waals surface area contributed by atoms with Gasteiger partial charge in [-0.25, -0.2) is 0 Å². The van der Waals surface area contributed by atoms with E-state index in [2.05, 4.69) is 13.8 Å². The van der Waals surface area contributed by atoms with Crippen LogP contribution in [0, 0.1) is 11.8 Å². The van der Waals surface area contributed by atoms with E-state index in [0.717, 1.165) is 25.0 Å². The molecule has 1 saturated carbocycles. The van der Waals surface area contributed by atoms with Crippen molar-refractivity contribution in [2.75, 3.05) is 5.73 Å². The number of halogens is 3. The molecule has 0 amide bonds. The van der Waals surface area contributed by atoms with Gasteiger partial charge in [0.05, 0.1) is 17.4 Å². The third-order valence-corrected chi connectivity index (χ3v) is 3.77. The van der Waals surface area contributed by atoms with Crippen molar-refractivity contribution in [2.45, 2.75) is 45.4 Å². The van der Waals surface area contributed by atoms with Crippen molar-refractivity contribution in [3.8, 4) is 5.75 Å². The van der Waals surface area contributed by atoms with Gasteiger partial charge in [-0.1, -0.05) is 13.8 Å². The quantitative estimate of drug-likeness (QED) is 0.813. The van der Waals surface area contributed by atoms with Crippen molar-refractivity contribution < 1.29 is 17.9 Å². The zero-order valence-electron chi connectivity index (χ0n) is 11.7. The highest BCUT2D eigenvalue weighted by Crippen LogP contribution is 2.36. The Bertz CT molecular complexity index is 463. The molecule has 0 spiro atoms. The molecule has 1 aliphatic rings. The molecule has 5 heteroatoms. The van der Waals surface area contributed by atoms with Crippen LogP contribution in [-0.4, -0.2) is 6.10 Å². The van der Waals surface area contributed by atoms with Gasteiger partial charge in [0.25, 0.3) is 0 Å². The SMILES string of the molecule is CC1CC(C)CC(Oc2ccc(C(F)(F)F)cc2N)C1. The third kappa shape index (κ3) is 3.58. The number of benzene rings is 1. The molecular weight excluding hydrogens is 267 g/mol. The van der Waals surface area contributed by atoms with Gasteiger partial charge in [-0.05, 0) is 49.3 Å². The topological polar surface area (TPSA) is 35.2 Å². The van der Waals surface area contributed by atoms with Crippen molar-refractivity contribution in [1.29, 1.82) is 0 Å². The molecule has 112 valence electrons. The average molecular weight is 287 g/mol. The Morgan fingerprint density at radius 2 is 1.70 bits per heavy atom. The molecule has 0 aromatic heterocycles. The van der Waals surface area contributed by atoms with Crippen molar-refractivity contribution in [3.63, 3.8) is 0 Å². The Morgan fingerprint density at radius 3 is 2.20 bits per heavy atom. The van der Waals surface area contributed by atoms with Crippen molar-refractivity contribution in [3.05, 3.63) is 23.8 Å². The first-order chi connectivity index (χ1) is 9.25. The zero-order valence-corrected chi connectivity index (χ0v) is 11.7. The minimum atomic E-state index is -4.37. The Labute approximate surface area is 117 Å². The zero-order chi connectivity index (χ0) is 14.9. The normalized spacial score (nSPS) is 27.4. The summed E-state index contributed by atoms with van der Waals surface area (Å²) >= 11 is 0. The number of nitrogens with two attached hydrogens (primary N) is 1. The second-order valence-electron chi connectivity index (χ2n) is 5.91. The van der Waals surface area contributed by atoms with Gasteiger partial charge in [-0.2, -0.15) is 13.2 Å². The van der Waals surface area contributed by atoms with E-state index in [1.807, 2.05) is 0 Å². The van der Waals surface area contributed by atoms with Crippen LogP contribution in [0.2, 0.25) is 0 Å². The molecular formula is C15H20F3NO. The lowest BCUT2D eigenvalue weighted by Gasteiger charge is -2.32. The Balaban J connectivity index is 2.10. The molecule has 2 atom stereocenters. The summed E-state index contributed by atoms with van der Waals surface area (Å²) in [6.45, 7) is 4.34. The maximum absolute atomic E-state index is 12.6. The van der Waals surface area contributed by atoms with Crippen LogP contribution in [0.5, 0.6) is 5.75 Å². The summed E-state index contributed by atoms with van der Waals surface area (Å²) in [7, 11) is 0. The summed E-state index contributed by atoms with van der Waals surface area (Å²) in [4.78, 5) is 0. The summed E-state index contributed by atoms with van der Waals surface area (Å²) in [5.74, 6) is 1.49. The molecule has 2 rings (SSSR count). The van der Waals surface area contributed by atoms with Gasteiger partial charge in [0, 0.05) is 0 Å². The molecule has 1 aliphatic carbocycles. The van der Waals surface area contributed by atoms with Gasteiger partial charge in [-0.3, -0.25) is 0 Å². The van der Waals surface area contributed by atoms with Gasteiger partial charge in [-0.15, -0.1) is 0 Å². The van der Waals surface area contributed by atoms with Crippen LogP contribution < -0.4 is 10.5 Å². The van der Waals surface area contributed by atoms with Crippen molar-refractivity contribution in [1.82, 2.24) is 0 Å². The lowest BCUT2D eigenvalue weighted by molar-refractivity contribution is -0.137. The van der Waals surface area contributed by atoms with E-state index in [-0.39, 0.29) is 11.8 Å². The van der Waals surface area contributed by atoms with Crippen LogP contribution in [0.15, 0.2) is 18.2 Å². The maximum atomic E-state index is 12.6. The average Bonchev–Trinajstić information content (AvgIpc) is 2.29. The highest BCUT2D eigenvalue weighted by atomic mass is 19.4. The van der Waals surface area contributed by atoms with Crippen LogP contribution in [0.3, 0.4) is 0 Å².